The van der Waals surface area contributed by atoms with Gasteiger partial charge >= 0.3 is 4.87 Å². The molecule has 2 aliphatic rings. The fraction of sp³-hybridized carbons (Fsp3) is 0.385. The summed E-state index contributed by atoms with van der Waals surface area (Å²) in [6, 6.07) is 8.02. The van der Waals surface area contributed by atoms with Crippen molar-refractivity contribution in [2.45, 2.75) is 56.8 Å². The lowest BCUT2D eigenvalue weighted by Crippen LogP contribution is -2.50. The monoisotopic (exact) mass is 517 g/mol. The summed E-state index contributed by atoms with van der Waals surface area (Å²) in [7, 11) is 0. The molecule has 6 nitrogen and oxygen atoms in total. The number of thiazole rings is 1. The van der Waals surface area contributed by atoms with Crippen LogP contribution in [0.4, 0.5) is 13.2 Å². The molecule has 0 radical (unpaired) electrons. The van der Waals surface area contributed by atoms with Crippen molar-refractivity contribution < 1.29 is 23.1 Å². The van der Waals surface area contributed by atoms with Crippen LogP contribution in [0.1, 0.15) is 47.2 Å². The van der Waals surface area contributed by atoms with E-state index in [2.05, 4.69) is 0 Å². The summed E-state index contributed by atoms with van der Waals surface area (Å²) in [5.74, 6) is -3.30. The number of hydrogen-bond donors (Lipinski definition) is 2. The third-order valence-electron chi connectivity index (χ3n) is 7.43. The standard InChI is InChI=1S/C26H26F3N3O3S/c27-20-11-22(29)21(28)9-16(20)10-23(30)17-7-18-4-5-19(8-17)32(18)25(34)15-3-1-2-14(6-15)12-31-24(33)13-36-26(31)35/h1-3,6,9,11,13,17-19,23,33H,4-5,7-8,10,12,30H2/t17?,18?,19?,23-/m1/s1. The van der Waals surface area contributed by atoms with Gasteiger partial charge in [-0.15, -0.1) is 0 Å². The maximum atomic E-state index is 14.1. The number of halogens is 3. The number of nitrogens with two attached hydrogens (primary N) is 1. The zero-order chi connectivity index (χ0) is 25.6. The predicted octanol–water partition coefficient (Wildman–Crippen LogP) is 4.03. The number of benzene rings is 2. The van der Waals surface area contributed by atoms with Crippen LogP contribution in [0.15, 0.2) is 46.6 Å². The summed E-state index contributed by atoms with van der Waals surface area (Å²) in [6.07, 6.45) is 3.10. The molecule has 2 bridgehead atoms. The fourth-order valence-electron chi connectivity index (χ4n) is 5.64. The van der Waals surface area contributed by atoms with Gasteiger partial charge < -0.3 is 15.7 Å². The number of rotatable bonds is 6. The van der Waals surface area contributed by atoms with Crippen molar-refractivity contribution >= 4 is 17.2 Å². The van der Waals surface area contributed by atoms with Crippen molar-refractivity contribution in [2.24, 2.45) is 11.7 Å². The number of aromatic nitrogens is 1. The molecule has 2 aliphatic heterocycles. The first-order valence-corrected chi connectivity index (χ1v) is 12.8. The summed E-state index contributed by atoms with van der Waals surface area (Å²) >= 11 is 0.913. The van der Waals surface area contributed by atoms with Gasteiger partial charge in [0, 0.05) is 29.8 Å². The molecule has 190 valence electrons. The van der Waals surface area contributed by atoms with E-state index in [0.29, 0.717) is 24.5 Å². The molecule has 0 saturated carbocycles. The van der Waals surface area contributed by atoms with Gasteiger partial charge in [-0.1, -0.05) is 23.5 Å². The Morgan fingerprint density at radius 1 is 1.08 bits per heavy atom. The van der Waals surface area contributed by atoms with Gasteiger partial charge in [0.2, 0.25) is 5.88 Å². The first-order chi connectivity index (χ1) is 17.2. The number of amides is 1. The minimum atomic E-state index is -1.22. The largest absolute Gasteiger partial charge is 0.494 e. The molecule has 3 heterocycles. The Balaban J connectivity index is 1.28. The van der Waals surface area contributed by atoms with E-state index in [0.717, 1.165) is 35.8 Å². The highest BCUT2D eigenvalue weighted by Crippen LogP contribution is 2.41. The SMILES string of the molecule is N[C@H](Cc1cc(F)c(F)cc1F)C1CC2CCC(C1)N2C(=O)c1cccc(Cn2c(O)csc2=O)c1. The molecule has 2 aromatic carbocycles. The van der Waals surface area contributed by atoms with Crippen LogP contribution in [0.2, 0.25) is 0 Å². The molecule has 3 aromatic rings. The van der Waals surface area contributed by atoms with Gasteiger partial charge in [-0.2, -0.15) is 0 Å². The Labute approximate surface area is 209 Å². The van der Waals surface area contributed by atoms with Crippen molar-refractivity contribution in [1.82, 2.24) is 9.47 Å². The topological polar surface area (TPSA) is 88.6 Å². The molecule has 1 aromatic heterocycles. The van der Waals surface area contributed by atoms with Crippen molar-refractivity contribution in [3.63, 3.8) is 0 Å². The lowest BCUT2D eigenvalue weighted by Gasteiger charge is -2.41. The van der Waals surface area contributed by atoms with E-state index in [4.69, 9.17) is 5.73 Å². The van der Waals surface area contributed by atoms with Crippen molar-refractivity contribution in [2.75, 3.05) is 0 Å². The number of piperidine rings is 1. The second-order valence-corrected chi connectivity index (χ2v) is 10.5. The average Bonchev–Trinajstić information content (AvgIpc) is 3.30. The summed E-state index contributed by atoms with van der Waals surface area (Å²) in [4.78, 5) is 27.1. The van der Waals surface area contributed by atoms with E-state index in [9.17, 15) is 27.9 Å². The zero-order valence-electron chi connectivity index (χ0n) is 19.4. The summed E-state index contributed by atoms with van der Waals surface area (Å²) in [6.45, 7) is 0.166. The summed E-state index contributed by atoms with van der Waals surface area (Å²) in [5, 5.41) is 11.3. The van der Waals surface area contributed by atoms with Crippen LogP contribution < -0.4 is 10.6 Å². The normalized spacial score (nSPS) is 22.1. The van der Waals surface area contributed by atoms with E-state index >= 15 is 0 Å². The quantitative estimate of drug-likeness (QED) is 0.484. The Bertz CT molecular complexity index is 1340. The maximum Gasteiger partial charge on any atom is 0.310 e. The van der Waals surface area contributed by atoms with Gasteiger partial charge in [-0.05, 0) is 67.3 Å². The van der Waals surface area contributed by atoms with E-state index in [1.807, 2.05) is 4.90 Å². The van der Waals surface area contributed by atoms with Gasteiger partial charge in [-0.25, -0.2) is 13.2 Å². The van der Waals surface area contributed by atoms with Gasteiger partial charge in [0.05, 0.1) is 11.9 Å². The van der Waals surface area contributed by atoms with Crippen LogP contribution >= 0.6 is 11.3 Å². The van der Waals surface area contributed by atoms with Gasteiger partial charge in [0.25, 0.3) is 5.91 Å². The first kappa shape index (κ1) is 24.6. The van der Waals surface area contributed by atoms with Crippen LogP contribution in [0.25, 0.3) is 0 Å². The third kappa shape index (κ3) is 4.67. The third-order valence-corrected chi connectivity index (χ3v) is 8.18. The summed E-state index contributed by atoms with van der Waals surface area (Å²) in [5.41, 5.74) is 7.70. The van der Waals surface area contributed by atoms with Crippen LogP contribution in [0, 0.1) is 23.4 Å². The molecule has 1 amide bonds. The lowest BCUT2D eigenvalue weighted by atomic mass is 9.82. The molecule has 2 saturated heterocycles. The number of hydrogen-bond acceptors (Lipinski definition) is 5. The number of aromatic hydroxyl groups is 1. The molecule has 10 heteroatoms. The Morgan fingerprint density at radius 2 is 1.78 bits per heavy atom. The molecule has 3 atom stereocenters. The number of carbonyl (C=O) groups is 1. The van der Waals surface area contributed by atoms with Gasteiger partial charge in [0.1, 0.15) is 5.82 Å². The maximum absolute atomic E-state index is 14.1. The van der Waals surface area contributed by atoms with Crippen LogP contribution in [0.3, 0.4) is 0 Å². The highest BCUT2D eigenvalue weighted by molar-refractivity contribution is 7.07. The minimum Gasteiger partial charge on any atom is -0.494 e. The first-order valence-electron chi connectivity index (χ1n) is 11.9. The average molecular weight is 518 g/mol. The second-order valence-electron chi connectivity index (χ2n) is 9.70. The van der Waals surface area contributed by atoms with Crippen LogP contribution in [0.5, 0.6) is 5.88 Å². The van der Waals surface area contributed by atoms with Crippen LogP contribution in [-0.2, 0) is 13.0 Å². The smallest absolute Gasteiger partial charge is 0.310 e. The molecule has 3 N–H and O–H groups in total. The van der Waals surface area contributed by atoms with Crippen LogP contribution in [-0.4, -0.2) is 38.6 Å². The van der Waals surface area contributed by atoms with Crippen molar-refractivity contribution in [3.05, 3.63) is 85.6 Å². The zero-order valence-corrected chi connectivity index (χ0v) is 20.2. The molecule has 5 rings (SSSR count). The molecule has 2 fully saturated rings. The fourth-order valence-corrected chi connectivity index (χ4v) is 6.26. The summed E-state index contributed by atoms with van der Waals surface area (Å²) < 4.78 is 42.3. The van der Waals surface area contributed by atoms with E-state index in [1.165, 1.54) is 9.95 Å². The minimum absolute atomic E-state index is 0.00528. The Kier molecular flexibility index (Phi) is 6.65. The Morgan fingerprint density at radius 3 is 2.44 bits per heavy atom. The van der Waals surface area contributed by atoms with Gasteiger partial charge in [0.15, 0.2) is 11.6 Å². The van der Waals surface area contributed by atoms with Gasteiger partial charge in [-0.3, -0.25) is 14.2 Å². The highest BCUT2D eigenvalue weighted by atomic mass is 32.1. The molecule has 2 unspecified atom stereocenters. The molecule has 0 spiro atoms. The lowest BCUT2D eigenvalue weighted by molar-refractivity contribution is 0.0499. The molecule has 0 aliphatic carbocycles. The number of nitrogens with zero attached hydrogens (tertiary/aromatic N) is 2. The second kappa shape index (κ2) is 9.74. The number of fused-ring (bicyclic) bond motifs is 2. The van der Waals surface area contributed by atoms with Crippen molar-refractivity contribution in [1.29, 1.82) is 0 Å². The molecule has 36 heavy (non-hydrogen) atoms. The number of carbonyl (C=O) groups excluding carboxylic acids is 1. The van der Waals surface area contributed by atoms with Crippen molar-refractivity contribution in [3.8, 4) is 5.88 Å². The Hall–Kier alpha value is -3.11. The molecular formula is C26H26F3N3O3S. The predicted molar refractivity (Wildman–Crippen MR) is 129 cm³/mol. The van der Waals surface area contributed by atoms with E-state index in [-0.39, 0.29) is 53.2 Å². The highest BCUT2D eigenvalue weighted by Gasteiger charge is 2.44. The van der Waals surface area contributed by atoms with E-state index in [1.54, 1.807) is 24.3 Å². The van der Waals surface area contributed by atoms with E-state index < -0.39 is 23.5 Å². The molecular weight excluding hydrogens is 491 g/mol.